The topological polar surface area (TPSA) is 101 Å². The summed E-state index contributed by atoms with van der Waals surface area (Å²) in [5.41, 5.74) is 1.99. The van der Waals surface area contributed by atoms with Gasteiger partial charge in [0.1, 0.15) is 5.82 Å². The van der Waals surface area contributed by atoms with Gasteiger partial charge in [-0.1, -0.05) is 6.07 Å². The Kier molecular flexibility index (Phi) is 4.79. The number of aromatic nitrogens is 3. The normalized spacial score (nSPS) is 10.2. The predicted octanol–water partition coefficient (Wildman–Crippen LogP) is 3.13. The first-order valence-electron chi connectivity index (χ1n) is 7.45. The molecule has 0 saturated carbocycles. The van der Waals surface area contributed by atoms with E-state index in [0.29, 0.717) is 28.6 Å². The molecule has 2 aromatic heterocycles. The summed E-state index contributed by atoms with van der Waals surface area (Å²) < 4.78 is 10.8. The second-order valence-corrected chi connectivity index (χ2v) is 5.02. The SMILES string of the molecule is COc1cc(NC(=O)Nc2ccccn2)cc(-c2cnc[nH]2)c1OC. The molecular weight excluding hydrogens is 322 g/mol. The molecule has 0 fully saturated rings. The van der Waals surface area contributed by atoms with E-state index in [1.807, 2.05) is 0 Å². The largest absolute Gasteiger partial charge is 0.493 e. The van der Waals surface area contributed by atoms with Crippen molar-refractivity contribution in [3.8, 4) is 22.8 Å². The number of benzene rings is 1. The highest BCUT2D eigenvalue weighted by molar-refractivity contribution is 6.00. The number of carbonyl (C=O) groups excluding carboxylic acids is 1. The molecule has 0 aliphatic rings. The summed E-state index contributed by atoms with van der Waals surface area (Å²) in [6.45, 7) is 0. The quantitative estimate of drug-likeness (QED) is 0.663. The number of methoxy groups -OCH3 is 2. The molecule has 0 spiro atoms. The van der Waals surface area contributed by atoms with Gasteiger partial charge in [0, 0.05) is 23.5 Å². The Morgan fingerprint density at radius 1 is 1.16 bits per heavy atom. The van der Waals surface area contributed by atoms with Crippen molar-refractivity contribution in [1.29, 1.82) is 0 Å². The number of nitrogens with one attached hydrogen (secondary N) is 3. The van der Waals surface area contributed by atoms with E-state index in [2.05, 4.69) is 25.6 Å². The number of imidazole rings is 1. The van der Waals surface area contributed by atoms with Gasteiger partial charge in [-0.2, -0.15) is 0 Å². The third kappa shape index (κ3) is 3.69. The molecule has 0 bridgehead atoms. The summed E-state index contributed by atoms with van der Waals surface area (Å²) in [7, 11) is 3.09. The number of anilines is 2. The van der Waals surface area contributed by atoms with Gasteiger partial charge in [-0.25, -0.2) is 14.8 Å². The Morgan fingerprint density at radius 3 is 2.68 bits per heavy atom. The molecule has 128 valence electrons. The van der Waals surface area contributed by atoms with Gasteiger partial charge in [-0.3, -0.25) is 5.32 Å². The van der Waals surface area contributed by atoms with Crippen molar-refractivity contribution >= 4 is 17.5 Å². The Labute approximate surface area is 144 Å². The van der Waals surface area contributed by atoms with Crippen LogP contribution in [0.4, 0.5) is 16.3 Å². The first-order valence-corrected chi connectivity index (χ1v) is 7.45. The van der Waals surface area contributed by atoms with Gasteiger partial charge in [0.2, 0.25) is 0 Å². The maximum absolute atomic E-state index is 12.2. The van der Waals surface area contributed by atoms with E-state index in [1.54, 1.807) is 56.2 Å². The minimum absolute atomic E-state index is 0.415. The lowest BCUT2D eigenvalue weighted by atomic mass is 10.1. The molecule has 0 atom stereocenters. The molecule has 0 aliphatic carbocycles. The fourth-order valence-electron chi connectivity index (χ4n) is 2.36. The molecule has 25 heavy (non-hydrogen) atoms. The van der Waals surface area contributed by atoms with Crippen molar-refractivity contribution in [2.75, 3.05) is 24.9 Å². The number of hydrogen-bond donors (Lipinski definition) is 3. The number of ether oxygens (including phenoxy) is 2. The van der Waals surface area contributed by atoms with E-state index in [1.165, 1.54) is 7.11 Å². The zero-order valence-corrected chi connectivity index (χ0v) is 13.7. The van der Waals surface area contributed by atoms with Gasteiger partial charge >= 0.3 is 6.03 Å². The number of urea groups is 1. The average molecular weight is 339 g/mol. The molecule has 2 heterocycles. The second kappa shape index (κ2) is 7.35. The van der Waals surface area contributed by atoms with Crippen LogP contribution in [0, 0.1) is 0 Å². The highest BCUT2D eigenvalue weighted by Gasteiger charge is 2.16. The monoisotopic (exact) mass is 339 g/mol. The molecule has 3 aromatic rings. The zero-order valence-electron chi connectivity index (χ0n) is 13.7. The predicted molar refractivity (Wildman–Crippen MR) is 94.0 cm³/mol. The van der Waals surface area contributed by atoms with Gasteiger partial charge in [0.15, 0.2) is 11.5 Å². The maximum atomic E-state index is 12.2. The average Bonchev–Trinajstić information content (AvgIpc) is 3.16. The minimum Gasteiger partial charge on any atom is -0.493 e. The summed E-state index contributed by atoms with van der Waals surface area (Å²) >= 11 is 0. The van der Waals surface area contributed by atoms with E-state index in [0.717, 1.165) is 5.69 Å². The van der Waals surface area contributed by atoms with Crippen LogP contribution in [-0.2, 0) is 0 Å². The molecular formula is C17H17N5O3. The lowest BCUT2D eigenvalue weighted by Gasteiger charge is -2.15. The Balaban J connectivity index is 1.88. The van der Waals surface area contributed by atoms with Crippen molar-refractivity contribution in [3.05, 3.63) is 49.1 Å². The number of nitrogens with zero attached hydrogens (tertiary/aromatic N) is 2. The second-order valence-electron chi connectivity index (χ2n) is 5.02. The third-order valence-electron chi connectivity index (χ3n) is 3.43. The standard InChI is InChI=1S/C17H17N5O3/c1-24-14-8-11(21-17(23)22-15-5-3-4-6-19-15)7-12(16(14)25-2)13-9-18-10-20-13/h3-10H,1-2H3,(H,18,20)(H2,19,21,22,23). The molecule has 2 amide bonds. The fraction of sp³-hybridized carbons (Fsp3) is 0.118. The van der Waals surface area contributed by atoms with Crippen LogP contribution < -0.4 is 20.1 Å². The van der Waals surface area contributed by atoms with Crippen LogP contribution >= 0.6 is 0 Å². The van der Waals surface area contributed by atoms with E-state index >= 15 is 0 Å². The first kappa shape index (κ1) is 16.3. The first-order chi connectivity index (χ1) is 12.2. The molecule has 0 unspecified atom stereocenters. The lowest BCUT2D eigenvalue weighted by Crippen LogP contribution is -2.20. The van der Waals surface area contributed by atoms with Crippen LogP contribution in [0.15, 0.2) is 49.1 Å². The number of rotatable bonds is 5. The smallest absolute Gasteiger partial charge is 0.324 e. The summed E-state index contributed by atoms with van der Waals surface area (Å²) in [4.78, 5) is 23.3. The number of hydrogen-bond acceptors (Lipinski definition) is 5. The number of aromatic amines is 1. The third-order valence-corrected chi connectivity index (χ3v) is 3.43. The van der Waals surface area contributed by atoms with Crippen LogP contribution in [0.5, 0.6) is 11.5 Å². The van der Waals surface area contributed by atoms with Crippen LogP contribution in [0.1, 0.15) is 0 Å². The molecule has 0 aliphatic heterocycles. The van der Waals surface area contributed by atoms with Crippen molar-refractivity contribution in [2.24, 2.45) is 0 Å². The summed E-state index contributed by atoms with van der Waals surface area (Å²) in [6.07, 6.45) is 4.83. The van der Waals surface area contributed by atoms with Crippen molar-refractivity contribution in [3.63, 3.8) is 0 Å². The van der Waals surface area contributed by atoms with Gasteiger partial charge in [-0.05, 0) is 18.2 Å². The van der Waals surface area contributed by atoms with Gasteiger partial charge in [-0.15, -0.1) is 0 Å². The highest BCUT2D eigenvalue weighted by Crippen LogP contribution is 2.40. The van der Waals surface area contributed by atoms with Gasteiger partial charge < -0.3 is 19.8 Å². The van der Waals surface area contributed by atoms with Gasteiger partial charge in [0.05, 0.1) is 32.4 Å². The van der Waals surface area contributed by atoms with Crippen LogP contribution in [0.2, 0.25) is 0 Å². The zero-order chi connectivity index (χ0) is 17.6. The molecule has 8 nitrogen and oxygen atoms in total. The van der Waals surface area contributed by atoms with Gasteiger partial charge in [0.25, 0.3) is 0 Å². The molecule has 0 saturated heterocycles. The number of amides is 2. The molecule has 0 radical (unpaired) electrons. The maximum Gasteiger partial charge on any atom is 0.324 e. The van der Waals surface area contributed by atoms with Crippen LogP contribution in [0.3, 0.4) is 0 Å². The molecule has 3 N–H and O–H groups in total. The van der Waals surface area contributed by atoms with Crippen molar-refractivity contribution < 1.29 is 14.3 Å². The summed E-state index contributed by atoms with van der Waals surface area (Å²) in [6, 6.07) is 8.29. The molecule has 3 rings (SSSR count). The number of pyridine rings is 1. The van der Waals surface area contributed by atoms with E-state index in [-0.39, 0.29) is 0 Å². The number of H-pyrrole nitrogens is 1. The van der Waals surface area contributed by atoms with Crippen molar-refractivity contribution in [2.45, 2.75) is 0 Å². The molecule has 8 heteroatoms. The Hall–Kier alpha value is -3.55. The van der Waals surface area contributed by atoms with Crippen LogP contribution in [0.25, 0.3) is 11.3 Å². The number of carbonyl (C=O) groups is 1. The fourth-order valence-corrected chi connectivity index (χ4v) is 2.36. The van der Waals surface area contributed by atoms with Crippen LogP contribution in [-0.4, -0.2) is 35.2 Å². The Morgan fingerprint density at radius 2 is 2.04 bits per heavy atom. The summed E-state index contributed by atoms with van der Waals surface area (Å²) in [5, 5.41) is 5.42. The van der Waals surface area contributed by atoms with Crippen molar-refractivity contribution in [1.82, 2.24) is 15.0 Å². The molecule has 1 aromatic carbocycles. The van der Waals surface area contributed by atoms with E-state index in [4.69, 9.17) is 9.47 Å². The Bertz CT molecular complexity index is 850. The minimum atomic E-state index is -0.415. The summed E-state index contributed by atoms with van der Waals surface area (Å²) in [5.74, 6) is 1.49. The lowest BCUT2D eigenvalue weighted by molar-refractivity contribution is 0.262. The van der Waals surface area contributed by atoms with E-state index < -0.39 is 6.03 Å². The highest BCUT2D eigenvalue weighted by atomic mass is 16.5. The van der Waals surface area contributed by atoms with E-state index in [9.17, 15) is 4.79 Å².